The highest BCUT2D eigenvalue weighted by molar-refractivity contribution is 5.93. The van der Waals surface area contributed by atoms with Gasteiger partial charge >= 0.3 is 0 Å². The van der Waals surface area contributed by atoms with Crippen LogP contribution in [0.1, 0.15) is 53.5 Å². The molecule has 1 atom stereocenters. The van der Waals surface area contributed by atoms with Crippen molar-refractivity contribution >= 4 is 5.91 Å². The van der Waals surface area contributed by atoms with Crippen LogP contribution in [0.5, 0.6) is 0 Å². The molecule has 128 valence electrons. The minimum atomic E-state index is -0.372. The fourth-order valence-electron chi connectivity index (χ4n) is 2.56. The number of nitrogens with one attached hydrogen (secondary N) is 2. The van der Waals surface area contributed by atoms with Crippen molar-refractivity contribution in [2.75, 3.05) is 0 Å². The average Bonchev–Trinajstić information content (AvgIpc) is 2.52. The molecule has 0 aliphatic heterocycles. The molecule has 2 aromatic heterocycles. The summed E-state index contributed by atoms with van der Waals surface area (Å²) in [7, 11) is 0. The van der Waals surface area contributed by atoms with Gasteiger partial charge in [0.2, 0.25) is 0 Å². The Morgan fingerprint density at radius 3 is 2.58 bits per heavy atom. The topological polar surface area (TPSA) is 84.0 Å². The monoisotopic (exact) mass is 329 g/mol. The predicted octanol–water partition coefficient (Wildman–Crippen LogP) is 2.05. The number of aromatic amines is 1. The van der Waals surface area contributed by atoms with Crippen molar-refractivity contribution in [3.05, 3.63) is 67.5 Å². The van der Waals surface area contributed by atoms with Gasteiger partial charge in [-0.25, -0.2) is 0 Å². The molecular weight excluding hydrogens is 306 g/mol. The van der Waals surface area contributed by atoms with Gasteiger partial charge in [-0.1, -0.05) is 6.92 Å². The quantitative estimate of drug-likeness (QED) is 0.880. The van der Waals surface area contributed by atoms with Gasteiger partial charge in [0.25, 0.3) is 17.0 Å². The molecular formula is C18H23N3O3. The summed E-state index contributed by atoms with van der Waals surface area (Å²) < 4.78 is 1.60. The molecule has 1 amide bonds. The van der Waals surface area contributed by atoms with Crippen molar-refractivity contribution in [1.82, 2.24) is 14.9 Å². The predicted molar refractivity (Wildman–Crippen MR) is 93.4 cm³/mol. The molecule has 0 bridgehead atoms. The van der Waals surface area contributed by atoms with E-state index >= 15 is 0 Å². The Morgan fingerprint density at radius 1 is 1.29 bits per heavy atom. The van der Waals surface area contributed by atoms with Crippen molar-refractivity contribution in [1.29, 1.82) is 0 Å². The maximum absolute atomic E-state index is 12.2. The SMILES string of the molecule is CCC(C)n1ccc(C(=O)NCc2c(C)cc(C)[nH]c2=O)cc1=O. The van der Waals surface area contributed by atoms with E-state index in [4.69, 9.17) is 0 Å². The molecule has 0 saturated heterocycles. The van der Waals surface area contributed by atoms with Gasteiger partial charge in [0, 0.05) is 41.7 Å². The summed E-state index contributed by atoms with van der Waals surface area (Å²) in [6.45, 7) is 7.71. The molecule has 0 fully saturated rings. The largest absolute Gasteiger partial charge is 0.348 e. The molecule has 6 nitrogen and oxygen atoms in total. The molecule has 24 heavy (non-hydrogen) atoms. The van der Waals surface area contributed by atoms with Crippen molar-refractivity contribution in [3.8, 4) is 0 Å². The Labute approximate surface area is 140 Å². The third kappa shape index (κ3) is 3.82. The standard InChI is InChI=1S/C18H23N3O3/c1-5-13(4)21-7-6-14(9-16(21)22)17(23)19-10-15-11(2)8-12(3)20-18(15)24/h6-9,13H,5,10H2,1-4H3,(H,19,23)(H,20,24). The molecule has 0 aliphatic carbocycles. The van der Waals surface area contributed by atoms with Gasteiger partial charge in [-0.3, -0.25) is 14.4 Å². The lowest BCUT2D eigenvalue weighted by Gasteiger charge is -2.13. The number of H-pyrrole nitrogens is 1. The minimum Gasteiger partial charge on any atom is -0.348 e. The van der Waals surface area contributed by atoms with E-state index in [-0.39, 0.29) is 29.6 Å². The maximum Gasteiger partial charge on any atom is 0.253 e. The highest BCUT2D eigenvalue weighted by atomic mass is 16.2. The molecule has 0 aromatic carbocycles. The lowest BCUT2D eigenvalue weighted by Crippen LogP contribution is -2.30. The Bertz CT molecular complexity index is 865. The molecule has 2 N–H and O–H groups in total. The molecule has 2 aromatic rings. The summed E-state index contributed by atoms with van der Waals surface area (Å²) in [6, 6.07) is 4.89. The van der Waals surface area contributed by atoms with Crippen LogP contribution in [-0.4, -0.2) is 15.5 Å². The number of carbonyl (C=O) groups is 1. The summed E-state index contributed by atoms with van der Waals surface area (Å²) in [5.74, 6) is -0.372. The van der Waals surface area contributed by atoms with Crippen LogP contribution >= 0.6 is 0 Å². The third-order valence-corrected chi connectivity index (χ3v) is 4.20. The molecule has 0 spiro atoms. The van der Waals surface area contributed by atoms with Gasteiger partial charge in [0.15, 0.2) is 0 Å². The second-order valence-electron chi connectivity index (χ2n) is 6.04. The Hall–Kier alpha value is -2.63. The maximum atomic E-state index is 12.2. The van der Waals surface area contributed by atoms with Gasteiger partial charge in [-0.2, -0.15) is 0 Å². The van der Waals surface area contributed by atoms with Gasteiger partial charge in [0.1, 0.15) is 0 Å². The number of nitrogens with zero attached hydrogens (tertiary/aromatic N) is 1. The van der Waals surface area contributed by atoms with Crippen molar-refractivity contribution in [2.24, 2.45) is 0 Å². The fourth-order valence-corrected chi connectivity index (χ4v) is 2.56. The highest BCUT2D eigenvalue weighted by Gasteiger charge is 2.11. The van der Waals surface area contributed by atoms with Gasteiger partial charge in [-0.15, -0.1) is 0 Å². The van der Waals surface area contributed by atoms with Crippen LogP contribution in [0, 0.1) is 13.8 Å². The molecule has 6 heteroatoms. The Kier molecular flexibility index (Phi) is 5.39. The first-order valence-corrected chi connectivity index (χ1v) is 8.03. The average molecular weight is 329 g/mol. The van der Waals surface area contributed by atoms with Crippen LogP contribution < -0.4 is 16.4 Å². The van der Waals surface area contributed by atoms with E-state index in [1.54, 1.807) is 16.8 Å². The summed E-state index contributed by atoms with van der Waals surface area (Å²) in [5, 5.41) is 2.70. The summed E-state index contributed by atoms with van der Waals surface area (Å²) in [4.78, 5) is 39.0. The number of aryl methyl sites for hydroxylation is 2. The minimum absolute atomic E-state index is 0.0865. The zero-order chi connectivity index (χ0) is 17.9. The smallest absolute Gasteiger partial charge is 0.253 e. The van der Waals surface area contributed by atoms with E-state index in [2.05, 4.69) is 10.3 Å². The summed E-state index contributed by atoms with van der Waals surface area (Å²) >= 11 is 0. The number of pyridine rings is 2. The molecule has 0 saturated carbocycles. The van der Waals surface area contributed by atoms with Crippen molar-refractivity contribution in [3.63, 3.8) is 0 Å². The molecule has 0 radical (unpaired) electrons. The zero-order valence-corrected chi connectivity index (χ0v) is 14.5. The van der Waals surface area contributed by atoms with Crippen LogP contribution in [0.4, 0.5) is 0 Å². The third-order valence-electron chi connectivity index (χ3n) is 4.20. The second kappa shape index (κ2) is 7.29. The molecule has 1 unspecified atom stereocenters. The van der Waals surface area contributed by atoms with Crippen LogP contribution in [0.3, 0.4) is 0 Å². The normalized spacial score (nSPS) is 12.0. The molecule has 2 rings (SSSR count). The number of hydrogen-bond donors (Lipinski definition) is 2. The van der Waals surface area contributed by atoms with Crippen LogP contribution in [0.2, 0.25) is 0 Å². The van der Waals surface area contributed by atoms with E-state index in [0.717, 1.165) is 17.7 Å². The summed E-state index contributed by atoms with van der Waals surface area (Å²) in [5.41, 5.74) is 1.99. The van der Waals surface area contributed by atoms with Crippen molar-refractivity contribution in [2.45, 2.75) is 46.7 Å². The first-order valence-electron chi connectivity index (χ1n) is 8.03. The van der Waals surface area contributed by atoms with E-state index in [1.807, 2.05) is 33.8 Å². The van der Waals surface area contributed by atoms with Gasteiger partial charge in [-0.05, 0) is 44.9 Å². The first kappa shape index (κ1) is 17.7. The molecule has 2 heterocycles. The van der Waals surface area contributed by atoms with Crippen LogP contribution in [0.25, 0.3) is 0 Å². The van der Waals surface area contributed by atoms with Crippen molar-refractivity contribution < 1.29 is 4.79 Å². The number of hydrogen-bond acceptors (Lipinski definition) is 3. The van der Waals surface area contributed by atoms with E-state index < -0.39 is 0 Å². The fraction of sp³-hybridized carbons (Fsp3) is 0.389. The first-order chi connectivity index (χ1) is 11.3. The lowest BCUT2D eigenvalue weighted by molar-refractivity contribution is 0.0950. The van der Waals surface area contributed by atoms with E-state index in [0.29, 0.717) is 11.1 Å². The number of rotatable bonds is 5. The summed E-state index contributed by atoms with van der Waals surface area (Å²) in [6.07, 6.45) is 2.47. The number of carbonyl (C=O) groups excluding carboxylic acids is 1. The van der Waals surface area contributed by atoms with Gasteiger partial charge < -0.3 is 14.9 Å². The van der Waals surface area contributed by atoms with Crippen LogP contribution in [0.15, 0.2) is 34.0 Å². The molecule has 0 aliphatic rings. The van der Waals surface area contributed by atoms with E-state index in [9.17, 15) is 14.4 Å². The lowest BCUT2D eigenvalue weighted by atomic mass is 10.1. The Morgan fingerprint density at radius 2 is 2.00 bits per heavy atom. The number of aromatic nitrogens is 2. The van der Waals surface area contributed by atoms with Gasteiger partial charge in [0.05, 0.1) is 0 Å². The van der Waals surface area contributed by atoms with E-state index in [1.165, 1.54) is 6.07 Å². The zero-order valence-electron chi connectivity index (χ0n) is 14.5. The second-order valence-corrected chi connectivity index (χ2v) is 6.04. The highest BCUT2D eigenvalue weighted by Crippen LogP contribution is 2.07. The van der Waals surface area contributed by atoms with Crippen LogP contribution in [-0.2, 0) is 6.54 Å². The number of amides is 1. The Balaban J connectivity index is 2.15.